The lowest BCUT2D eigenvalue weighted by atomic mass is 9.95. The number of rotatable bonds is 3. The number of aliphatic carboxylic acids is 1. The van der Waals surface area contributed by atoms with E-state index in [1.807, 2.05) is 0 Å². The van der Waals surface area contributed by atoms with E-state index in [0.29, 0.717) is 18.4 Å². The molecule has 1 aromatic carbocycles. The Kier molecular flexibility index (Phi) is 2.21. The highest BCUT2D eigenvalue weighted by Crippen LogP contribution is 2.48. The zero-order valence-corrected chi connectivity index (χ0v) is 7.91. The van der Waals surface area contributed by atoms with E-state index in [0.717, 1.165) is 0 Å². The van der Waals surface area contributed by atoms with E-state index < -0.39 is 17.8 Å². The van der Waals surface area contributed by atoms with E-state index in [1.165, 1.54) is 24.3 Å². The summed E-state index contributed by atoms with van der Waals surface area (Å²) in [4.78, 5) is 11.0. The molecular formula is C11H10F2O2. The second-order valence-electron chi connectivity index (χ2n) is 3.81. The number of hydrogen-bond donors (Lipinski definition) is 1. The minimum absolute atomic E-state index is 0.0695. The van der Waals surface area contributed by atoms with Crippen molar-refractivity contribution in [1.29, 1.82) is 0 Å². The second kappa shape index (κ2) is 3.29. The van der Waals surface area contributed by atoms with Gasteiger partial charge in [-0.2, -0.15) is 0 Å². The Morgan fingerprint density at radius 1 is 1.27 bits per heavy atom. The van der Waals surface area contributed by atoms with E-state index in [4.69, 9.17) is 5.11 Å². The summed E-state index contributed by atoms with van der Waals surface area (Å²) in [5.74, 6) is -0.868. The smallest absolute Gasteiger partial charge is 0.314 e. The fourth-order valence-electron chi connectivity index (χ4n) is 1.70. The van der Waals surface area contributed by atoms with Crippen LogP contribution in [0.15, 0.2) is 24.3 Å². The molecule has 1 saturated carbocycles. The molecular weight excluding hydrogens is 202 g/mol. The molecule has 1 aliphatic rings. The predicted octanol–water partition coefficient (Wildman–Crippen LogP) is 2.74. The first-order valence-electron chi connectivity index (χ1n) is 4.68. The van der Waals surface area contributed by atoms with Gasteiger partial charge in [-0.3, -0.25) is 4.79 Å². The fraction of sp³-hybridized carbons (Fsp3) is 0.364. The first-order valence-corrected chi connectivity index (χ1v) is 4.68. The van der Waals surface area contributed by atoms with Crippen LogP contribution in [0, 0.1) is 0 Å². The molecule has 15 heavy (non-hydrogen) atoms. The molecule has 0 atom stereocenters. The largest absolute Gasteiger partial charge is 0.481 e. The third kappa shape index (κ3) is 1.60. The van der Waals surface area contributed by atoms with Crippen molar-refractivity contribution in [3.05, 3.63) is 35.4 Å². The minimum atomic E-state index is -2.50. The van der Waals surface area contributed by atoms with Crippen LogP contribution in [-0.4, -0.2) is 11.1 Å². The molecule has 0 unspecified atom stereocenters. The van der Waals surface area contributed by atoms with Gasteiger partial charge in [-0.25, -0.2) is 8.78 Å². The predicted molar refractivity (Wildman–Crippen MR) is 49.9 cm³/mol. The number of carbonyl (C=O) groups is 1. The highest BCUT2D eigenvalue weighted by atomic mass is 19.3. The number of carboxylic acids is 1. The van der Waals surface area contributed by atoms with Gasteiger partial charge in [-0.1, -0.05) is 24.3 Å². The molecule has 1 N–H and O–H groups in total. The monoisotopic (exact) mass is 212 g/mol. The van der Waals surface area contributed by atoms with Crippen LogP contribution in [0.1, 0.15) is 30.4 Å². The van der Waals surface area contributed by atoms with Gasteiger partial charge in [0.25, 0.3) is 6.43 Å². The Balaban J connectivity index is 2.28. The van der Waals surface area contributed by atoms with Crippen LogP contribution >= 0.6 is 0 Å². The summed E-state index contributed by atoms with van der Waals surface area (Å²) in [6.45, 7) is 0. The van der Waals surface area contributed by atoms with Crippen LogP contribution in [0.3, 0.4) is 0 Å². The van der Waals surface area contributed by atoms with Crippen molar-refractivity contribution in [1.82, 2.24) is 0 Å². The number of alkyl halides is 2. The molecule has 1 aliphatic carbocycles. The van der Waals surface area contributed by atoms with E-state index in [2.05, 4.69) is 0 Å². The average molecular weight is 212 g/mol. The lowest BCUT2D eigenvalue weighted by Gasteiger charge is -2.10. The quantitative estimate of drug-likeness (QED) is 0.836. The van der Waals surface area contributed by atoms with Gasteiger partial charge in [0.1, 0.15) is 0 Å². The van der Waals surface area contributed by atoms with Crippen molar-refractivity contribution in [2.75, 3.05) is 0 Å². The Hall–Kier alpha value is -1.45. The topological polar surface area (TPSA) is 37.3 Å². The molecule has 0 saturated heterocycles. The van der Waals surface area contributed by atoms with Gasteiger partial charge in [0.2, 0.25) is 0 Å². The van der Waals surface area contributed by atoms with Crippen LogP contribution in [-0.2, 0) is 10.2 Å². The minimum Gasteiger partial charge on any atom is -0.481 e. The van der Waals surface area contributed by atoms with Crippen LogP contribution in [0.5, 0.6) is 0 Å². The van der Waals surface area contributed by atoms with E-state index in [-0.39, 0.29) is 5.56 Å². The molecule has 2 rings (SSSR count). The molecule has 1 fully saturated rings. The maximum Gasteiger partial charge on any atom is 0.314 e. The zero-order valence-electron chi connectivity index (χ0n) is 7.91. The van der Waals surface area contributed by atoms with Crippen LogP contribution in [0.4, 0.5) is 8.78 Å². The molecule has 0 spiro atoms. The van der Waals surface area contributed by atoms with Gasteiger partial charge in [0, 0.05) is 5.56 Å². The van der Waals surface area contributed by atoms with Crippen molar-refractivity contribution >= 4 is 5.97 Å². The van der Waals surface area contributed by atoms with Gasteiger partial charge in [0.05, 0.1) is 5.41 Å². The second-order valence-corrected chi connectivity index (χ2v) is 3.81. The third-order valence-electron chi connectivity index (χ3n) is 2.87. The van der Waals surface area contributed by atoms with Crippen molar-refractivity contribution in [3.63, 3.8) is 0 Å². The summed E-state index contributed by atoms with van der Waals surface area (Å²) in [6.07, 6.45) is -1.31. The van der Waals surface area contributed by atoms with Gasteiger partial charge in [0.15, 0.2) is 0 Å². The first-order chi connectivity index (χ1) is 7.06. The maximum atomic E-state index is 12.3. The van der Waals surface area contributed by atoms with Crippen molar-refractivity contribution in [2.24, 2.45) is 0 Å². The van der Waals surface area contributed by atoms with Gasteiger partial charge in [-0.05, 0) is 18.4 Å². The Bertz CT molecular complexity index is 380. The fourth-order valence-corrected chi connectivity index (χ4v) is 1.70. The SMILES string of the molecule is O=C(O)C1(c2ccc(C(F)F)cc2)CC1. The summed E-state index contributed by atoms with van der Waals surface area (Å²) in [6, 6.07) is 5.57. The van der Waals surface area contributed by atoms with Gasteiger partial charge < -0.3 is 5.11 Å². The summed E-state index contributed by atoms with van der Waals surface area (Å²) >= 11 is 0. The van der Waals surface area contributed by atoms with E-state index in [9.17, 15) is 13.6 Å². The molecule has 0 aromatic heterocycles. The average Bonchev–Trinajstić information content (AvgIpc) is 2.98. The van der Waals surface area contributed by atoms with Gasteiger partial charge in [-0.15, -0.1) is 0 Å². The Morgan fingerprint density at radius 2 is 1.80 bits per heavy atom. The first kappa shape index (κ1) is 10.1. The third-order valence-corrected chi connectivity index (χ3v) is 2.87. The molecule has 80 valence electrons. The number of carboxylic acid groups (broad SMARTS) is 1. The normalized spacial score (nSPS) is 17.8. The van der Waals surface area contributed by atoms with Crippen LogP contribution in [0.2, 0.25) is 0 Å². The Morgan fingerprint density at radius 3 is 2.13 bits per heavy atom. The van der Waals surface area contributed by atoms with Gasteiger partial charge >= 0.3 is 5.97 Å². The molecule has 0 amide bonds. The standard InChI is InChI=1S/C11H10F2O2/c12-9(13)7-1-3-8(4-2-7)11(5-6-11)10(14)15/h1-4,9H,5-6H2,(H,14,15). The summed E-state index contributed by atoms with van der Waals surface area (Å²) in [7, 11) is 0. The summed E-state index contributed by atoms with van der Waals surface area (Å²) in [5.41, 5.74) is -0.250. The lowest BCUT2D eigenvalue weighted by molar-refractivity contribution is -0.140. The molecule has 0 bridgehead atoms. The molecule has 4 heteroatoms. The van der Waals surface area contributed by atoms with Crippen molar-refractivity contribution < 1.29 is 18.7 Å². The number of halogens is 2. The molecule has 1 aromatic rings. The molecule has 0 heterocycles. The van der Waals surface area contributed by atoms with Crippen molar-refractivity contribution in [3.8, 4) is 0 Å². The molecule has 2 nitrogen and oxygen atoms in total. The lowest BCUT2D eigenvalue weighted by Crippen LogP contribution is -2.19. The molecule has 0 radical (unpaired) electrons. The van der Waals surface area contributed by atoms with E-state index >= 15 is 0 Å². The highest BCUT2D eigenvalue weighted by Gasteiger charge is 2.51. The van der Waals surface area contributed by atoms with Crippen molar-refractivity contribution in [2.45, 2.75) is 24.7 Å². The maximum absolute atomic E-state index is 12.3. The zero-order chi connectivity index (χ0) is 11.1. The van der Waals surface area contributed by atoms with Crippen LogP contribution in [0.25, 0.3) is 0 Å². The van der Waals surface area contributed by atoms with Crippen LogP contribution < -0.4 is 0 Å². The van der Waals surface area contributed by atoms with E-state index in [1.54, 1.807) is 0 Å². The highest BCUT2D eigenvalue weighted by molar-refractivity contribution is 5.84. The number of benzene rings is 1. The summed E-state index contributed by atoms with van der Waals surface area (Å²) < 4.78 is 24.5. The summed E-state index contributed by atoms with van der Waals surface area (Å²) in [5, 5.41) is 8.99. The number of hydrogen-bond acceptors (Lipinski definition) is 1. The Labute approximate surface area is 85.5 Å². The molecule has 0 aliphatic heterocycles.